The molecular formula is C60H105NO8. The number of fused-ring (bicyclic) bond motifs is 5. The van der Waals surface area contributed by atoms with Gasteiger partial charge >= 0.3 is 11.9 Å². The molecular weight excluding hydrogens is 863 g/mol. The van der Waals surface area contributed by atoms with Gasteiger partial charge in [-0.2, -0.15) is 0 Å². The molecule has 0 aromatic carbocycles. The Bertz CT molecular complexity index is 1480. The second-order valence-corrected chi connectivity index (χ2v) is 23.4. The molecule has 9 atom stereocenters. The van der Waals surface area contributed by atoms with E-state index in [1.54, 1.807) is 0 Å². The van der Waals surface area contributed by atoms with Crippen LogP contribution in [0.15, 0.2) is 23.8 Å². The van der Waals surface area contributed by atoms with Gasteiger partial charge in [0.15, 0.2) is 0 Å². The van der Waals surface area contributed by atoms with Crippen molar-refractivity contribution in [2.45, 2.75) is 227 Å². The Balaban J connectivity index is 0.880. The molecule has 4 aliphatic carbocycles. The maximum absolute atomic E-state index is 13.0. The predicted molar refractivity (Wildman–Crippen MR) is 281 cm³/mol. The van der Waals surface area contributed by atoms with Crippen LogP contribution < -0.4 is 0 Å². The number of nitrogens with zero attached hydrogens (tertiary/aromatic N) is 1. The van der Waals surface area contributed by atoms with Gasteiger partial charge in [0.25, 0.3) is 0 Å². The summed E-state index contributed by atoms with van der Waals surface area (Å²) in [6.07, 6.45) is 39.2. The number of unbranched alkanes of at least 4 members (excludes halogenated alkanes) is 12. The summed E-state index contributed by atoms with van der Waals surface area (Å²) in [5, 5.41) is 0. The number of allylic oxidation sites excluding steroid dienone is 3. The highest BCUT2D eigenvalue weighted by Gasteiger charge is 2.59. The lowest BCUT2D eigenvalue weighted by atomic mass is 9.47. The van der Waals surface area contributed by atoms with Crippen LogP contribution in [-0.4, -0.2) is 102 Å². The van der Waals surface area contributed by atoms with Crippen LogP contribution in [0.4, 0.5) is 0 Å². The van der Waals surface area contributed by atoms with Crippen molar-refractivity contribution in [1.82, 2.24) is 4.90 Å². The summed E-state index contributed by atoms with van der Waals surface area (Å²) >= 11 is 0. The number of hydrogen-bond donors (Lipinski definition) is 0. The van der Waals surface area contributed by atoms with Crippen LogP contribution in [-0.2, 0) is 38.0 Å². The number of morpholine rings is 1. The molecule has 0 amide bonds. The Morgan fingerprint density at radius 2 is 1.43 bits per heavy atom. The summed E-state index contributed by atoms with van der Waals surface area (Å²) in [7, 11) is 0. The van der Waals surface area contributed by atoms with Crippen molar-refractivity contribution in [1.29, 1.82) is 0 Å². The van der Waals surface area contributed by atoms with Crippen molar-refractivity contribution in [2.75, 3.05) is 72.5 Å². The zero-order valence-electron chi connectivity index (χ0n) is 45.4. The number of hydrogen-bond acceptors (Lipinski definition) is 9. The van der Waals surface area contributed by atoms with Gasteiger partial charge in [0, 0.05) is 32.7 Å². The molecule has 5 rings (SSSR count). The van der Waals surface area contributed by atoms with Gasteiger partial charge in [0.2, 0.25) is 0 Å². The lowest BCUT2D eigenvalue weighted by Gasteiger charge is -2.58. The van der Waals surface area contributed by atoms with Gasteiger partial charge in [-0.25, -0.2) is 0 Å². The highest BCUT2D eigenvalue weighted by molar-refractivity contribution is 5.77. The first-order valence-corrected chi connectivity index (χ1v) is 29.3. The molecule has 398 valence electrons. The van der Waals surface area contributed by atoms with Gasteiger partial charge in [-0.1, -0.05) is 142 Å². The van der Waals surface area contributed by atoms with E-state index >= 15 is 0 Å². The molecule has 4 fully saturated rings. The number of rotatable bonds is 36. The smallest absolute Gasteiger partial charge is 0.306 e. The van der Waals surface area contributed by atoms with E-state index in [1.165, 1.54) is 140 Å². The van der Waals surface area contributed by atoms with Crippen LogP contribution in [0.3, 0.4) is 0 Å². The molecule has 0 aromatic heterocycles. The molecule has 4 unspecified atom stereocenters. The van der Waals surface area contributed by atoms with E-state index in [4.69, 9.17) is 28.4 Å². The Morgan fingerprint density at radius 1 is 0.739 bits per heavy atom. The predicted octanol–water partition coefficient (Wildman–Crippen LogP) is 14.1. The van der Waals surface area contributed by atoms with Gasteiger partial charge in [-0.3, -0.25) is 14.5 Å². The molecule has 0 spiro atoms. The minimum absolute atomic E-state index is 0.0246. The van der Waals surface area contributed by atoms with Gasteiger partial charge in [0.1, 0.15) is 12.7 Å². The van der Waals surface area contributed by atoms with E-state index in [0.717, 1.165) is 101 Å². The summed E-state index contributed by atoms with van der Waals surface area (Å²) in [6.45, 7) is 21.5. The van der Waals surface area contributed by atoms with E-state index in [1.807, 2.05) is 0 Å². The molecule has 9 nitrogen and oxygen atoms in total. The Labute approximate surface area is 423 Å². The van der Waals surface area contributed by atoms with Crippen molar-refractivity contribution in [3.8, 4) is 0 Å². The lowest BCUT2D eigenvalue weighted by Crippen LogP contribution is -2.51. The van der Waals surface area contributed by atoms with Crippen molar-refractivity contribution < 1.29 is 38.0 Å². The third-order valence-electron chi connectivity index (χ3n) is 17.8. The molecule has 1 saturated heterocycles. The maximum Gasteiger partial charge on any atom is 0.306 e. The largest absolute Gasteiger partial charge is 0.463 e. The Hall–Kier alpha value is -1.78. The fourth-order valence-corrected chi connectivity index (χ4v) is 13.8. The molecule has 9 heteroatoms. The molecule has 1 aliphatic heterocycles. The van der Waals surface area contributed by atoms with Gasteiger partial charge in [-0.05, 0) is 123 Å². The Morgan fingerprint density at radius 3 is 2.17 bits per heavy atom. The van der Waals surface area contributed by atoms with Gasteiger partial charge in [0.05, 0.1) is 58.6 Å². The first-order chi connectivity index (χ1) is 33.5. The highest BCUT2D eigenvalue weighted by Crippen LogP contribution is 2.67. The fourth-order valence-electron chi connectivity index (χ4n) is 13.8. The third-order valence-corrected chi connectivity index (χ3v) is 17.8. The first kappa shape index (κ1) is 58.1. The second-order valence-electron chi connectivity index (χ2n) is 23.4. The molecule has 0 bridgehead atoms. The van der Waals surface area contributed by atoms with E-state index in [9.17, 15) is 9.59 Å². The maximum atomic E-state index is 13.0. The summed E-state index contributed by atoms with van der Waals surface area (Å²) in [5.74, 6) is 4.19. The van der Waals surface area contributed by atoms with Crippen molar-refractivity contribution in [3.05, 3.63) is 23.8 Å². The number of carbonyl (C=O) groups is 2. The number of ether oxygens (including phenoxy) is 6. The summed E-state index contributed by atoms with van der Waals surface area (Å²) in [4.78, 5) is 27.9. The molecule has 0 aromatic rings. The second kappa shape index (κ2) is 32.4. The lowest BCUT2D eigenvalue weighted by molar-refractivity contribution is -0.156. The molecule has 0 radical (unpaired) electrons. The van der Waals surface area contributed by atoms with Gasteiger partial charge < -0.3 is 28.4 Å². The molecule has 0 N–H and O–H groups in total. The fraction of sp³-hybridized carbons (Fsp3) is 0.900. The van der Waals surface area contributed by atoms with Crippen LogP contribution in [0.25, 0.3) is 0 Å². The molecule has 3 saturated carbocycles. The van der Waals surface area contributed by atoms with Crippen molar-refractivity contribution >= 4 is 11.9 Å². The van der Waals surface area contributed by atoms with Crippen LogP contribution in [0.5, 0.6) is 0 Å². The minimum atomic E-state index is -0.392. The van der Waals surface area contributed by atoms with Gasteiger partial charge in [-0.15, -0.1) is 0 Å². The molecule has 5 aliphatic rings. The van der Waals surface area contributed by atoms with Crippen LogP contribution in [0.1, 0.15) is 215 Å². The van der Waals surface area contributed by atoms with E-state index in [2.05, 4.69) is 64.7 Å². The summed E-state index contributed by atoms with van der Waals surface area (Å²) in [6, 6.07) is 0. The Kier molecular flexibility index (Phi) is 27.3. The standard InChI is InChI=1S/C60H105NO8/c1-7-8-9-10-11-12-13-14-15-16-17-18-19-20-21-22-38-66-47-52(46-61-36-39-64-40-37-61)67-43-41-65-42-44-68-57(62)30-31-58(63)69-51-32-34-59(5)50(45-51)26-27-53-55-29-28-54(49(4)25-23-24-48(2)3)60(55,6)35-33-56(53)59/h14-15,26,48-49,51-56H,7-13,16-25,27-47H2,1-6H3/t49?,51-,52?,53-,54?,55?,56-,59-,60+/m0/s1. The van der Waals surface area contributed by atoms with E-state index in [0.29, 0.717) is 25.2 Å². The summed E-state index contributed by atoms with van der Waals surface area (Å²) < 4.78 is 35.1. The normalized spacial score (nSPS) is 28.0. The molecule has 1 heterocycles. The average Bonchev–Trinajstić information content (AvgIpc) is 3.70. The quantitative estimate of drug-likeness (QED) is 0.0346. The summed E-state index contributed by atoms with van der Waals surface area (Å²) in [5.41, 5.74) is 2.23. The van der Waals surface area contributed by atoms with E-state index in [-0.39, 0.29) is 49.6 Å². The number of esters is 2. The zero-order chi connectivity index (χ0) is 49.2. The van der Waals surface area contributed by atoms with Crippen molar-refractivity contribution in [2.24, 2.45) is 46.3 Å². The SMILES string of the molecule is CCCCCCCCC=CCCCCCCCCOCC(CN1CCOCC1)OCCOCCOC(=O)CCC(=O)O[C@H]1CC[C@@]2(C)C(=CC[C@H]3C4CCC(C(C)CCCC(C)C)[C@@]4(C)CC[C@@H]32)C1. The van der Waals surface area contributed by atoms with Crippen LogP contribution in [0.2, 0.25) is 0 Å². The van der Waals surface area contributed by atoms with Crippen LogP contribution in [0, 0.1) is 46.3 Å². The third kappa shape index (κ3) is 19.9. The monoisotopic (exact) mass is 968 g/mol. The van der Waals surface area contributed by atoms with E-state index < -0.39 is 5.97 Å². The average molecular weight is 968 g/mol. The zero-order valence-corrected chi connectivity index (χ0v) is 45.4. The van der Waals surface area contributed by atoms with Crippen LogP contribution >= 0.6 is 0 Å². The topological polar surface area (TPSA) is 92.8 Å². The minimum Gasteiger partial charge on any atom is -0.463 e. The highest BCUT2D eigenvalue weighted by atomic mass is 16.6. The number of carbonyl (C=O) groups excluding carboxylic acids is 2. The first-order valence-electron chi connectivity index (χ1n) is 29.3. The molecule has 69 heavy (non-hydrogen) atoms. The van der Waals surface area contributed by atoms with Crippen molar-refractivity contribution in [3.63, 3.8) is 0 Å².